The number of carbonyl (C=O) groups excluding carboxylic acids is 1. The van der Waals surface area contributed by atoms with E-state index in [1.54, 1.807) is 0 Å². The van der Waals surface area contributed by atoms with Crippen molar-refractivity contribution >= 4 is 17.7 Å². The molecule has 3 nitrogen and oxygen atoms in total. The Hall–Kier alpha value is -0.220. The smallest absolute Gasteiger partial charge is 0.241 e. The second-order valence-corrected chi connectivity index (χ2v) is 6.60. The number of thioether (sulfide) groups is 1. The average molecular weight is 258 g/mol. The van der Waals surface area contributed by atoms with E-state index in [1.165, 1.54) is 0 Å². The topological polar surface area (TPSA) is 32.3 Å². The third-order valence-electron chi connectivity index (χ3n) is 3.16. The second kappa shape index (κ2) is 6.64. The van der Waals surface area contributed by atoms with Gasteiger partial charge in [0.15, 0.2) is 0 Å². The zero-order valence-corrected chi connectivity index (χ0v) is 12.5. The average Bonchev–Trinajstić information content (AvgIpc) is 2.50. The molecule has 1 saturated heterocycles. The molecule has 0 radical (unpaired) electrons. The first-order chi connectivity index (χ1) is 7.97. The Morgan fingerprint density at radius 1 is 1.41 bits per heavy atom. The predicted molar refractivity (Wildman–Crippen MR) is 75.1 cm³/mol. The van der Waals surface area contributed by atoms with Crippen LogP contribution in [0.15, 0.2) is 0 Å². The number of nitrogens with one attached hydrogen (secondary N) is 1. The predicted octanol–water partition coefficient (Wildman–Crippen LogP) is 2.32. The van der Waals surface area contributed by atoms with Crippen LogP contribution in [-0.4, -0.2) is 40.6 Å². The molecular formula is C13H26N2OS. The van der Waals surface area contributed by atoms with Gasteiger partial charge in [-0.1, -0.05) is 20.8 Å². The molecule has 0 bridgehead atoms. The number of hydrogen-bond donors (Lipinski definition) is 1. The first-order valence-electron chi connectivity index (χ1n) is 6.63. The van der Waals surface area contributed by atoms with Gasteiger partial charge in [0.25, 0.3) is 0 Å². The highest BCUT2D eigenvalue weighted by molar-refractivity contribution is 7.99. The molecule has 17 heavy (non-hydrogen) atoms. The summed E-state index contributed by atoms with van der Waals surface area (Å²) in [6.45, 7) is 10.7. The SMILES string of the molecule is CCSCC(C)N1C(=O)C(CC(C)C)NC1C. The van der Waals surface area contributed by atoms with Crippen molar-refractivity contribution in [3.05, 3.63) is 0 Å². The molecule has 0 saturated carbocycles. The van der Waals surface area contributed by atoms with Crippen LogP contribution in [0.2, 0.25) is 0 Å². The molecule has 1 aliphatic rings. The molecule has 1 fully saturated rings. The first-order valence-corrected chi connectivity index (χ1v) is 7.78. The van der Waals surface area contributed by atoms with E-state index in [1.807, 2.05) is 16.7 Å². The van der Waals surface area contributed by atoms with E-state index in [-0.39, 0.29) is 18.1 Å². The molecule has 1 heterocycles. The Labute approximate surface area is 110 Å². The molecule has 3 atom stereocenters. The van der Waals surface area contributed by atoms with Gasteiger partial charge in [-0.25, -0.2) is 0 Å². The minimum atomic E-state index is 0.0269. The van der Waals surface area contributed by atoms with E-state index in [0.29, 0.717) is 12.0 Å². The fraction of sp³-hybridized carbons (Fsp3) is 0.923. The third kappa shape index (κ3) is 3.88. The Morgan fingerprint density at radius 2 is 2.06 bits per heavy atom. The molecule has 0 aromatic carbocycles. The summed E-state index contributed by atoms with van der Waals surface area (Å²) < 4.78 is 0. The van der Waals surface area contributed by atoms with Crippen LogP contribution in [0, 0.1) is 5.92 Å². The number of hydrogen-bond acceptors (Lipinski definition) is 3. The molecule has 1 aliphatic heterocycles. The molecule has 0 aromatic heterocycles. The molecular weight excluding hydrogens is 232 g/mol. The van der Waals surface area contributed by atoms with Gasteiger partial charge in [-0.05, 0) is 31.9 Å². The molecule has 1 N–H and O–H groups in total. The maximum absolute atomic E-state index is 12.3. The normalized spacial score (nSPS) is 26.9. The van der Waals surface area contributed by atoms with Crippen LogP contribution < -0.4 is 5.32 Å². The summed E-state index contributed by atoms with van der Waals surface area (Å²) in [6.07, 6.45) is 1.12. The zero-order chi connectivity index (χ0) is 13.0. The van der Waals surface area contributed by atoms with Crippen molar-refractivity contribution in [2.75, 3.05) is 11.5 Å². The van der Waals surface area contributed by atoms with Gasteiger partial charge >= 0.3 is 0 Å². The highest BCUT2D eigenvalue weighted by Crippen LogP contribution is 2.21. The Morgan fingerprint density at radius 3 is 2.59 bits per heavy atom. The fourth-order valence-corrected chi connectivity index (χ4v) is 3.16. The molecule has 3 unspecified atom stereocenters. The van der Waals surface area contributed by atoms with Gasteiger partial charge in [0.05, 0.1) is 12.2 Å². The van der Waals surface area contributed by atoms with Crippen LogP contribution in [0.1, 0.15) is 41.0 Å². The summed E-state index contributed by atoms with van der Waals surface area (Å²) in [4.78, 5) is 14.3. The van der Waals surface area contributed by atoms with Gasteiger partial charge in [-0.3, -0.25) is 10.1 Å². The van der Waals surface area contributed by atoms with Crippen molar-refractivity contribution in [3.63, 3.8) is 0 Å². The Balaban J connectivity index is 2.58. The van der Waals surface area contributed by atoms with Crippen molar-refractivity contribution in [2.24, 2.45) is 5.92 Å². The standard InChI is InChI=1S/C13H26N2OS/c1-6-17-8-10(4)15-11(5)14-12(13(15)16)7-9(2)3/h9-12,14H,6-8H2,1-5H3. The van der Waals surface area contributed by atoms with E-state index in [2.05, 4.69) is 39.9 Å². The molecule has 0 aliphatic carbocycles. The molecule has 1 rings (SSSR count). The second-order valence-electron chi connectivity index (χ2n) is 5.28. The highest BCUT2D eigenvalue weighted by Gasteiger charge is 2.38. The maximum atomic E-state index is 12.3. The first kappa shape index (κ1) is 14.8. The quantitative estimate of drug-likeness (QED) is 0.793. The molecule has 0 spiro atoms. The minimum absolute atomic E-state index is 0.0269. The summed E-state index contributed by atoms with van der Waals surface area (Å²) in [7, 11) is 0. The van der Waals surface area contributed by atoms with E-state index in [4.69, 9.17) is 0 Å². The van der Waals surface area contributed by atoms with Gasteiger partial charge in [-0.2, -0.15) is 11.8 Å². The monoisotopic (exact) mass is 258 g/mol. The van der Waals surface area contributed by atoms with Crippen LogP contribution >= 0.6 is 11.8 Å². The van der Waals surface area contributed by atoms with Crippen LogP contribution in [-0.2, 0) is 4.79 Å². The van der Waals surface area contributed by atoms with Crippen LogP contribution in [0.4, 0.5) is 0 Å². The molecule has 1 amide bonds. The van der Waals surface area contributed by atoms with E-state index in [0.717, 1.165) is 17.9 Å². The molecule has 100 valence electrons. The van der Waals surface area contributed by atoms with Crippen molar-refractivity contribution in [1.82, 2.24) is 10.2 Å². The number of nitrogens with zero attached hydrogens (tertiary/aromatic N) is 1. The largest absolute Gasteiger partial charge is 0.323 e. The van der Waals surface area contributed by atoms with Gasteiger partial charge in [0.2, 0.25) is 5.91 Å². The lowest BCUT2D eigenvalue weighted by atomic mass is 10.0. The van der Waals surface area contributed by atoms with E-state index in [9.17, 15) is 4.79 Å². The number of rotatable bonds is 6. The van der Waals surface area contributed by atoms with Gasteiger partial charge in [0, 0.05) is 11.8 Å². The van der Waals surface area contributed by atoms with Crippen molar-refractivity contribution < 1.29 is 4.79 Å². The number of carbonyl (C=O) groups is 1. The van der Waals surface area contributed by atoms with E-state index >= 15 is 0 Å². The lowest BCUT2D eigenvalue weighted by molar-refractivity contribution is -0.131. The minimum Gasteiger partial charge on any atom is -0.323 e. The lowest BCUT2D eigenvalue weighted by Gasteiger charge is -2.28. The third-order valence-corrected chi connectivity index (χ3v) is 4.28. The van der Waals surface area contributed by atoms with E-state index < -0.39 is 0 Å². The maximum Gasteiger partial charge on any atom is 0.241 e. The fourth-order valence-electron chi connectivity index (χ4n) is 2.42. The van der Waals surface area contributed by atoms with Gasteiger partial charge in [0.1, 0.15) is 0 Å². The van der Waals surface area contributed by atoms with Gasteiger partial charge < -0.3 is 4.90 Å². The lowest BCUT2D eigenvalue weighted by Crippen LogP contribution is -2.42. The van der Waals surface area contributed by atoms with Crippen molar-refractivity contribution in [3.8, 4) is 0 Å². The molecule has 4 heteroatoms. The van der Waals surface area contributed by atoms with Gasteiger partial charge in [-0.15, -0.1) is 0 Å². The highest BCUT2D eigenvalue weighted by atomic mass is 32.2. The summed E-state index contributed by atoms with van der Waals surface area (Å²) >= 11 is 1.90. The van der Waals surface area contributed by atoms with Crippen LogP contribution in [0.25, 0.3) is 0 Å². The Bertz CT molecular complexity index is 258. The molecule has 0 aromatic rings. The van der Waals surface area contributed by atoms with Crippen molar-refractivity contribution in [1.29, 1.82) is 0 Å². The van der Waals surface area contributed by atoms with Crippen LogP contribution in [0.3, 0.4) is 0 Å². The Kier molecular flexibility index (Phi) is 5.80. The summed E-state index contributed by atoms with van der Waals surface area (Å²) in [5.41, 5.74) is 0. The van der Waals surface area contributed by atoms with Crippen molar-refractivity contribution in [2.45, 2.75) is 59.3 Å². The summed E-state index contributed by atoms with van der Waals surface area (Å²) in [5.74, 6) is 2.99. The number of amides is 1. The summed E-state index contributed by atoms with van der Waals surface area (Å²) in [5, 5.41) is 3.41. The zero-order valence-electron chi connectivity index (χ0n) is 11.7. The van der Waals surface area contributed by atoms with Crippen LogP contribution in [0.5, 0.6) is 0 Å². The summed E-state index contributed by atoms with van der Waals surface area (Å²) in [6, 6.07) is 0.353.